The lowest BCUT2D eigenvalue weighted by atomic mass is 9.70. The summed E-state index contributed by atoms with van der Waals surface area (Å²) in [4.78, 5) is 0. The Morgan fingerprint density at radius 3 is 2.54 bits per heavy atom. The first-order chi connectivity index (χ1) is 6.13. The summed E-state index contributed by atoms with van der Waals surface area (Å²) in [5, 5.41) is 0. The van der Waals surface area contributed by atoms with Crippen LogP contribution in [0.5, 0.6) is 0 Å². The zero-order valence-electron chi connectivity index (χ0n) is 8.79. The van der Waals surface area contributed by atoms with Crippen LogP contribution in [0.2, 0.25) is 0 Å². The minimum atomic E-state index is 0.457. The number of hydrogen-bond acceptors (Lipinski definition) is 1. The summed E-state index contributed by atoms with van der Waals surface area (Å²) in [5.41, 5.74) is 6.12. The van der Waals surface area contributed by atoms with Gasteiger partial charge in [-0.1, -0.05) is 26.0 Å². The molecule has 0 heterocycles. The first kappa shape index (κ1) is 9.26. The van der Waals surface area contributed by atoms with E-state index in [4.69, 9.17) is 5.73 Å². The second-order valence-corrected chi connectivity index (χ2v) is 5.41. The normalized spacial score (nSPS) is 37.3. The van der Waals surface area contributed by atoms with Crippen LogP contribution in [0.25, 0.3) is 0 Å². The van der Waals surface area contributed by atoms with E-state index in [1.165, 1.54) is 19.3 Å². The fraction of sp³-hybridized carbons (Fsp3) is 0.833. The van der Waals surface area contributed by atoms with Crippen LogP contribution >= 0.6 is 0 Å². The average Bonchev–Trinajstić information content (AvgIpc) is 2.63. The summed E-state index contributed by atoms with van der Waals surface area (Å²) in [7, 11) is 0. The highest BCUT2D eigenvalue weighted by atomic mass is 14.6. The molecule has 1 fully saturated rings. The van der Waals surface area contributed by atoms with Gasteiger partial charge >= 0.3 is 0 Å². The highest BCUT2D eigenvalue weighted by Gasteiger charge is 2.43. The first-order valence-electron chi connectivity index (χ1n) is 5.52. The van der Waals surface area contributed by atoms with Crippen LogP contribution in [-0.4, -0.2) is 6.54 Å². The fourth-order valence-corrected chi connectivity index (χ4v) is 3.24. The second-order valence-electron chi connectivity index (χ2n) is 5.41. The lowest BCUT2D eigenvalue weighted by Crippen LogP contribution is -2.29. The van der Waals surface area contributed by atoms with Gasteiger partial charge in [0.2, 0.25) is 0 Å². The van der Waals surface area contributed by atoms with E-state index >= 15 is 0 Å². The van der Waals surface area contributed by atoms with Gasteiger partial charge in [0.05, 0.1) is 0 Å². The summed E-state index contributed by atoms with van der Waals surface area (Å²) in [5.74, 6) is 2.66. The van der Waals surface area contributed by atoms with Gasteiger partial charge in [-0.15, -0.1) is 0 Å². The molecule has 2 aliphatic rings. The van der Waals surface area contributed by atoms with Gasteiger partial charge in [0, 0.05) is 0 Å². The molecule has 2 N–H and O–H groups in total. The summed E-state index contributed by atoms with van der Waals surface area (Å²) < 4.78 is 0. The molecule has 1 nitrogen and oxygen atoms in total. The van der Waals surface area contributed by atoms with E-state index in [9.17, 15) is 0 Å². The summed E-state index contributed by atoms with van der Waals surface area (Å²) in [6, 6.07) is 0. The summed E-state index contributed by atoms with van der Waals surface area (Å²) in [6.07, 6.45) is 8.86. The van der Waals surface area contributed by atoms with Crippen LogP contribution in [0.1, 0.15) is 33.1 Å². The molecule has 3 atom stereocenters. The van der Waals surface area contributed by atoms with E-state index in [1.807, 2.05) is 0 Å². The molecule has 0 aromatic rings. The quantitative estimate of drug-likeness (QED) is 0.662. The van der Waals surface area contributed by atoms with Gasteiger partial charge in [0.1, 0.15) is 0 Å². The molecule has 0 spiro atoms. The number of allylic oxidation sites excluding steroid dienone is 2. The molecule has 0 aromatic heterocycles. The maximum absolute atomic E-state index is 5.66. The van der Waals surface area contributed by atoms with Crippen molar-refractivity contribution in [3.05, 3.63) is 12.2 Å². The van der Waals surface area contributed by atoms with Gasteiger partial charge in [-0.05, 0) is 49.0 Å². The Morgan fingerprint density at radius 1 is 1.31 bits per heavy atom. The fourth-order valence-electron chi connectivity index (χ4n) is 3.24. The lowest BCUT2D eigenvalue weighted by molar-refractivity contribution is 0.169. The van der Waals surface area contributed by atoms with Crippen molar-refractivity contribution in [2.45, 2.75) is 33.1 Å². The molecule has 74 valence electrons. The lowest BCUT2D eigenvalue weighted by Gasteiger charge is -2.35. The minimum Gasteiger partial charge on any atom is -0.330 e. The van der Waals surface area contributed by atoms with Gasteiger partial charge in [0.15, 0.2) is 0 Å². The number of hydrogen-bond donors (Lipinski definition) is 1. The number of fused-ring (bicyclic) bond motifs is 2. The Labute approximate surface area is 81.4 Å². The Kier molecular flexibility index (Phi) is 2.23. The van der Waals surface area contributed by atoms with Gasteiger partial charge in [-0.25, -0.2) is 0 Å². The predicted octanol–water partition coefficient (Wildman–Crippen LogP) is 2.57. The molecule has 1 saturated carbocycles. The maximum atomic E-state index is 5.66. The maximum Gasteiger partial charge on any atom is -0.00721 e. The van der Waals surface area contributed by atoms with E-state index < -0.39 is 0 Å². The molecule has 13 heavy (non-hydrogen) atoms. The van der Waals surface area contributed by atoms with Crippen molar-refractivity contribution >= 4 is 0 Å². The third-order valence-corrected chi connectivity index (χ3v) is 4.07. The molecule has 2 rings (SSSR count). The molecule has 2 aliphatic carbocycles. The smallest absolute Gasteiger partial charge is 0.00721 e. The van der Waals surface area contributed by atoms with Crippen molar-refractivity contribution in [2.24, 2.45) is 28.9 Å². The summed E-state index contributed by atoms with van der Waals surface area (Å²) >= 11 is 0. The Bertz CT molecular complexity index is 217. The first-order valence-corrected chi connectivity index (χ1v) is 5.52. The Hall–Kier alpha value is -0.300. The molecule has 2 bridgehead atoms. The molecular weight excluding hydrogens is 158 g/mol. The molecule has 0 radical (unpaired) electrons. The van der Waals surface area contributed by atoms with Gasteiger partial charge in [-0.3, -0.25) is 0 Å². The zero-order chi connectivity index (χ0) is 9.47. The van der Waals surface area contributed by atoms with Crippen molar-refractivity contribution < 1.29 is 0 Å². The van der Waals surface area contributed by atoms with Crippen LogP contribution in [-0.2, 0) is 0 Å². The predicted molar refractivity (Wildman–Crippen MR) is 56.3 cm³/mol. The van der Waals surface area contributed by atoms with Gasteiger partial charge < -0.3 is 5.73 Å². The molecule has 0 aromatic carbocycles. The van der Waals surface area contributed by atoms with Crippen molar-refractivity contribution in [1.29, 1.82) is 0 Å². The topological polar surface area (TPSA) is 26.0 Å². The molecular formula is C12H21N. The average molecular weight is 179 g/mol. The van der Waals surface area contributed by atoms with Crippen LogP contribution in [0.4, 0.5) is 0 Å². The van der Waals surface area contributed by atoms with E-state index in [2.05, 4.69) is 26.0 Å². The SMILES string of the molecule is CC(C)(CCN)C1CC2C=CC1C2. The van der Waals surface area contributed by atoms with E-state index in [0.717, 1.165) is 24.3 Å². The third-order valence-electron chi connectivity index (χ3n) is 4.07. The monoisotopic (exact) mass is 179 g/mol. The second kappa shape index (κ2) is 3.13. The molecule has 0 aliphatic heterocycles. The largest absolute Gasteiger partial charge is 0.330 e. The zero-order valence-corrected chi connectivity index (χ0v) is 8.79. The van der Waals surface area contributed by atoms with E-state index in [-0.39, 0.29) is 0 Å². The van der Waals surface area contributed by atoms with Crippen LogP contribution < -0.4 is 5.73 Å². The standard InChI is InChI=1S/C12H21N/c1-12(2,5-6-13)11-8-9-3-4-10(11)7-9/h3-4,9-11H,5-8,13H2,1-2H3. The molecule has 0 amide bonds. The van der Waals surface area contributed by atoms with Crippen molar-refractivity contribution in [3.63, 3.8) is 0 Å². The van der Waals surface area contributed by atoms with Crippen LogP contribution in [0.15, 0.2) is 12.2 Å². The highest BCUT2D eigenvalue weighted by molar-refractivity contribution is 5.12. The van der Waals surface area contributed by atoms with Gasteiger partial charge in [-0.2, -0.15) is 0 Å². The molecule has 1 heteroatoms. The molecule has 3 unspecified atom stereocenters. The minimum absolute atomic E-state index is 0.457. The van der Waals surface area contributed by atoms with Crippen molar-refractivity contribution in [3.8, 4) is 0 Å². The van der Waals surface area contributed by atoms with Gasteiger partial charge in [0.25, 0.3) is 0 Å². The Balaban J connectivity index is 2.05. The van der Waals surface area contributed by atoms with Crippen LogP contribution in [0, 0.1) is 23.2 Å². The van der Waals surface area contributed by atoms with Crippen molar-refractivity contribution in [2.75, 3.05) is 6.54 Å². The third kappa shape index (κ3) is 1.54. The number of rotatable bonds is 3. The Morgan fingerprint density at radius 2 is 2.08 bits per heavy atom. The van der Waals surface area contributed by atoms with Crippen molar-refractivity contribution in [1.82, 2.24) is 0 Å². The molecule has 0 saturated heterocycles. The number of nitrogens with two attached hydrogens (primary N) is 1. The highest BCUT2D eigenvalue weighted by Crippen LogP contribution is 2.51. The summed E-state index contributed by atoms with van der Waals surface area (Å²) in [6.45, 7) is 5.61. The van der Waals surface area contributed by atoms with E-state index in [0.29, 0.717) is 5.41 Å². The van der Waals surface area contributed by atoms with Crippen LogP contribution in [0.3, 0.4) is 0 Å². The van der Waals surface area contributed by atoms with E-state index in [1.54, 1.807) is 0 Å².